The highest BCUT2D eigenvalue weighted by molar-refractivity contribution is 6.30. The maximum atomic E-state index is 13.5. The lowest BCUT2D eigenvalue weighted by molar-refractivity contribution is 0.390. The first-order valence-corrected chi connectivity index (χ1v) is 6.37. The molecule has 0 aliphatic carbocycles. The van der Waals surface area contributed by atoms with Gasteiger partial charge in [0, 0.05) is 11.6 Å². The third kappa shape index (κ3) is 2.86. The molecule has 5 heteroatoms. The van der Waals surface area contributed by atoms with E-state index in [0.717, 1.165) is 5.56 Å². The summed E-state index contributed by atoms with van der Waals surface area (Å²) in [7, 11) is 3.12. The molecule has 0 saturated carbocycles. The smallest absolute Gasteiger partial charge is 0.142 e. The first-order valence-electron chi connectivity index (χ1n) is 5.99. The summed E-state index contributed by atoms with van der Waals surface area (Å²) >= 11 is 5.67. The molecule has 1 atom stereocenters. The number of methoxy groups -OCH3 is 2. The van der Waals surface area contributed by atoms with Gasteiger partial charge in [-0.05, 0) is 29.8 Å². The molecule has 3 nitrogen and oxygen atoms in total. The van der Waals surface area contributed by atoms with Crippen LogP contribution in [0.2, 0.25) is 5.02 Å². The van der Waals surface area contributed by atoms with Crippen molar-refractivity contribution in [2.75, 3.05) is 14.2 Å². The van der Waals surface area contributed by atoms with Gasteiger partial charge in [-0.1, -0.05) is 17.7 Å². The highest BCUT2D eigenvalue weighted by atomic mass is 35.5. The van der Waals surface area contributed by atoms with Gasteiger partial charge in [-0.15, -0.1) is 0 Å². The molecule has 2 aromatic rings. The fourth-order valence-corrected chi connectivity index (χ4v) is 2.08. The van der Waals surface area contributed by atoms with Crippen LogP contribution >= 0.6 is 11.6 Å². The van der Waals surface area contributed by atoms with Gasteiger partial charge in [-0.3, -0.25) is 0 Å². The van der Waals surface area contributed by atoms with Crippen LogP contribution in [0.15, 0.2) is 36.4 Å². The molecule has 0 aliphatic heterocycles. The van der Waals surface area contributed by atoms with Crippen LogP contribution in [0.25, 0.3) is 0 Å². The van der Waals surface area contributed by atoms with E-state index in [2.05, 4.69) is 0 Å². The Morgan fingerprint density at radius 3 is 2.45 bits per heavy atom. The van der Waals surface area contributed by atoms with E-state index in [9.17, 15) is 4.39 Å². The summed E-state index contributed by atoms with van der Waals surface area (Å²) in [5.41, 5.74) is 7.54. The second kappa shape index (κ2) is 6.11. The fraction of sp³-hybridized carbons (Fsp3) is 0.200. The highest BCUT2D eigenvalue weighted by Crippen LogP contribution is 2.32. The molecule has 0 radical (unpaired) electrons. The van der Waals surface area contributed by atoms with Crippen LogP contribution in [0.3, 0.4) is 0 Å². The number of rotatable bonds is 4. The Hall–Kier alpha value is -1.78. The van der Waals surface area contributed by atoms with Crippen molar-refractivity contribution < 1.29 is 13.9 Å². The number of nitrogens with two attached hydrogens (primary N) is 1. The Kier molecular flexibility index (Phi) is 4.47. The lowest BCUT2D eigenvalue weighted by atomic mass is 9.98. The number of hydrogen-bond donors (Lipinski definition) is 1. The van der Waals surface area contributed by atoms with Crippen molar-refractivity contribution in [3.05, 3.63) is 58.4 Å². The molecule has 106 valence electrons. The van der Waals surface area contributed by atoms with Crippen molar-refractivity contribution in [1.29, 1.82) is 0 Å². The molecule has 0 aromatic heterocycles. The maximum absolute atomic E-state index is 13.5. The van der Waals surface area contributed by atoms with Gasteiger partial charge in [-0.2, -0.15) is 0 Å². The Morgan fingerprint density at radius 1 is 1.10 bits per heavy atom. The van der Waals surface area contributed by atoms with Crippen LogP contribution < -0.4 is 15.2 Å². The van der Waals surface area contributed by atoms with Crippen molar-refractivity contribution in [2.45, 2.75) is 6.04 Å². The van der Waals surface area contributed by atoms with Crippen LogP contribution in [0, 0.1) is 5.82 Å². The fourth-order valence-electron chi connectivity index (χ4n) is 1.96. The minimum atomic E-state index is -0.511. The van der Waals surface area contributed by atoms with E-state index in [1.54, 1.807) is 38.5 Å². The molecule has 0 heterocycles. The van der Waals surface area contributed by atoms with Crippen molar-refractivity contribution in [3.8, 4) is 11.5 Å². The molecular weight excluding hydrogens is 281 g/mol. The maximum Gasteiger partial charge on any atom is 0.142 e. The summed E-state index contributed by atoms with van der Waals surface area (Å²) in [5, 5.41) is 0.0719. The second-order valence-electron chi connectivity index (χ2n) is 4.26. The summed E-state index contributed by atoms with van der Waals surface area (Å²) in [6.45, 7) is 0. The summed E-state index contributed by atoms with van der Waals surface area (Å²) in [6.07, 6.45) is 0. The Labute approximate surface area is 122 Å². The average Bonchev–Trinajstić information content (AvgIpc) is 2.48. The monoisotopic (exact) mass is 295 g/mol. The molecule has 20 heavy (non-hydrogen) atoms. The molecule has 0 saturated heterocycles. The van der Waals surface area contributed by atoms with Crippen LogP contribution in [-0.4, -0.2) is 14.2 Å². The number of hydrogen-bond acceptors (Lipinski definition) is 3. The molecule has 0 aliphatic rings. The Balaban J connectivity index is 2.41. The lowest BCUT2D eigenvalue weighted by Crippen LogP contribution is -2.13. The minimum Gasteiger partial charge on any atom is -0.497 e. The highest BCUT2D eigenvalue weighted by Gasteiger charge is 2.16. The lowest BCUT2D eigenvalue weighted by Gasteiger charge is -2.17. The first kappa shape index (κ1) is 14.6. The van der Waals surface area contributed by atoms with Crippen molar-refractivity contribution in [2.24, 2.45) is 5.73 Å². The zero-order chi connectivity index (χ0) is 14.7. The number of ether oxygens (including phenoxy) is 2. The van der Waals surface area contributed by atoms with E-state index in [1.165, 1.54) is 12.1 Å². The van der Waals surface area contributed by atoms with E-state index in [0.29, 0.717) is 17.1 Å². The van der Waals surface area contributed by atoms with Crippen molar-refractivity contribution in [3.63, 3.8) is 0 Å². The third-order valence-electron chi connectivity index (χ3n) is 3.08. The quantitative estimate of drug-likeness (QED) is 0.938. The van der Waals surface area contributed by atoms with E-state index < -0.39 is 11.9 Å². The normalized spacial score (nSPS) is 12.1. The van der Waals surface area contributed by atoms with Gasteiger partial charge in [0.1, 0.15) is 17.3 Å². The molecule has 0 amide bonds. The predicted octanol–water partition coefficient (Wildman–Crippen LogP) is 3.54. The van der Waals surface area contributed by atoms with Gasteiger partial charge in [0.15, 0.2) is 0 Å². The van der Waals surface area contributed by atoms with E-state index >= 15 is 0 Å². The molecule has 0 bridgehead atoms. The predicted molar refractivity (Wildman–Crippen MR) is 77.0 cm³/mol. The topological polar surface area (TPSA) is 44.5 Å². The van der Waals surface area contributed by atoms with Crippen LogP contribution in [-0.2, 0) is 0 Å². The number of halogens is 2. The number of benzene rings is 2. The Bertz CT molecular complexity index is 619. The van der Waals surface area contributed by atoms with E-state index in [-0.39, 0.29) is 5.02 Å². The van der Waals surface area contributed by atoms with Gasteiger partial charge < -0.3 is 15.2 Å². The molecule has 2 N–H and O–H groups in total. The molecule has 2 rings (SSSR count). The van der Waals surface area contributed by atoms with Gasteiger partial charge in [0.25, 0.3) is 0 Å². The van der Waals surface area contributed by atoms with Crippen molar-refractivity contribution in [1.82, 2.24) is 0 Å². The second-order valence-corrected chi connectivity index (χ2v) is 4.67. The zero-order valence-corrected chi connectivity index (χ0v) is 11.9. The standard InChI is InChI=1S/C15H15ClFNO2/c1-19-10-4-5-11(14(8-10)20-2)15(18)9-3-6-12(16)13(17)7-9/h3-8,15H,18H2,1-2H3. The average molecular weight is 296 g/mol. The van der Waals surface area contributed by atoms with Gasteiger partial charge in [-0.25, -0.2) is 4.39 Å². The summed E-state index contributed by atoms with van der Waals surface area (Å²) in [4.78, 5) is 0. The minimum absolute atomic E-state index is 0.0719. The Morgan fingerprint density at radius 2 is 1.85 bits per heavy atom. The molecule has 0 spiro atoms. The van der Waals surface area contributed by atoms with E-state index in [4.69, 9.17) is 26.8 Å². The first-order chi connectivity index (χ1) is 9.56. The zero-order valence-electron chi connectivity index (χ0n) is 11.2. The largest absolute Gasteiger partial charge is 0.497 e. The molecule has 2 aromatic carbocycles. The SMILES string of the molecule is COc1ccc(C(N)c2ccc(Cl)c(F)c2)c(OC)c1. The molecule has 0 fully saturated rings. The molecular formula is C15H15ClFNO2. The van der Waals surface area contributed by atoms with Crippen LogP contribution in [0.1, 0.15) is 17.2 Å². The van der Waals surface area contributed by atoms with Gasteiger partial charge >= 0.3 is 0 Å². The van der Waals surface area contributed by atoms with Gasteiger partial charge in [0.2, 0.25) is 0 Å². The van der Waals surface area contributed by atoms with Crippen molar-refractivity contribution >= 4 is 11.6 Å². The summed E-state index contributed by atoms with van der Waals surface area (Å²) in [6, 6.07) is 9.32. The van der Waals surface area contributed by atoms with Crippen LogP contribution in [0.5, 0.6) is 11.5 Å². The summed E-state index contributed by atoms with van der Waals surface area (Å²) in [5.74, 6) is 0.763. The van der Waals surface area contributed by atoms with Crippen LogP contribution in [0.4, 0.5) is 4.39 Å². The third-order valence-corrected chi connectivity index (χ3v) is 3.39. The molecule has 1 unspecified atom stereocenters. The van der Waals surface area contributed by atoms with Gasteiger partial charge in [0.05, 0.1) is 25.3 Å². The summed E-state index contributed by atoms with van der Waals surface area (Å²) < 4.78 is 24.0. The van der Waals surface area contributed by atoms with E-state index in [1.807, 2.05) is 0 Å².